The number of benzene rings is 1. The Labute approximate surface area is 109 Å². The Balaban J connectivity index is 2.57. The average molecular weight is 267 g/mol. The van der Waals surface area contributed by atoms with E-state index in [4.69, 9.17) is 4.84 Å². The molecule has 1 saturated heterocycles. The summed E-state index contributed by atoms with van der Waals surface area (Å²) < 4.78 is 14.1. The molecule has 1 heterocycles. The van der Waals surface area contributed by atoms with Gasteiger partial charge in [-0.15, -0.1) is 0 Å². The average Bonchev–Trinajstić information content (AvgIpc) is 2.37. The quantitative estimate of drug-likeness (QED) is 0.831. The summed E-state index contributed by atoms with van der Waals surface area (Å²) >= 11 is 0. The Hall–Kier alpha value is -1.95. The van der Waals surface area contributed by atoms with Crippen LogP contribution in [0.1, 0.15) is 12.5 Å². The van der Waals surface area contributed by atoms with Gasteiger partial charge in [-0.25, -0.2) is 14.2 Å². The second kappa shape index (κ2) is 4.62. The third-order valence-corrected chi connectivity index (χ3v) is 3.53. The molecule has 2 rings (SSSR count). The van der Waals surface area contributed by atoms with Crippen LogP contribution in [0, 0.1) is 0 Å². The summed E-state index contributed by atoms with van der Waals surface area (Å²) in [6.45, 7) is 1.19. The molecule has 1 amide bonds. The standard InChI is InChI=1S/C13H14FNO4/c1-8(14)13(9-6-4-3-5-7-9)10(11(16)17)15(19-2)12(13)18/h3-8,10H,1-2H3,(H,16,17)/t8-,10-,13+/m1/s1. The van der Waals surface area contributed by atoms with Crippen LogP contribution in [0.4, 0.5) is 4.39 Å². The van der Waals surface area contributed by atoms with Crippen LogP contribution in [0.3, 0.4) is 0 Å². The summed E-state index contributed by atoms with van der Waals surface area (Å²) in [5, 5.41) is 9.96. The second-order valence-electron chi connectivity index (χ2n) is 4.41. The first-order valence-corrected chi connectivity index (χ1v) is 5.78. The first kappa shape index (κ1) is 13.5. The van der Waals surface area contributed by atoms with Crippen LogP contribution in [-0.4, -0.2) is 41.4 Å². The fraction of sp³-hybridized carbons (Fsp3) is 0.385. The van der Waals surface area contributed by atoms with Gasteiger partial charge in [-0.05, 0) is 12.5 Å². The molecule has 0 aliphatic carbocycles. The molecule has 0 saturated carbocycles. The Bertz CT molecular complexity index is 505. The molecule has 5 nitrogen and oxygen atoms in total. The van der Waals surface area contributed by atoms with Gasteiger partial charge in [0.1, 0.15) is 11.6 Å². The molecule has 1 fully saturated rings. The van der Waals surface area contributed by atoms with Crippen molar-refractivity contribution in [3.63, 3.8) is 0 Å². The number of hydrogen-bond donors (Lipinski definition) is 1. The highest BCUT2D eigenvalue weighted by molar-refractivity contribution is 6.04. The van der Waals surface area contributed by atoms with Crippen molar-refractivity contribution in [1.29, 1.82) is 0 Å². The summed E-state index contributed by atoms with van der Waals surface area (Å²) in [5.74, 6) is -1.97. The predicted octanol–water partition coefficient (Wildman–Crippen LogP) is 1.14. The number of alkyl halides is 1. The van der Waals surface area contributed by atoms with E-state index in [9.17, 15) is 19.1 Å². The SMILES string of the molecule is CON1C(=O)[C@](c2ccccc2)([C@@H](C)F)[C@H]1C(=O)O. The lowest BCUT2D eigenvalue weighted by atomic mass is 9.64. The van der Waals surface area contributed by atoms with Gasteiger partial charge in [-0.2, -0.15) is 0 Å². The number of carbonyl (C=O) groups is 2. The minimum absolute atomic E-state index is 0.343. The summed E-state index contributed by atoms with van der Waals surface area (Å²) in [7, 11) is 1.19. The maximum absolute atomic E-state index is 14.1. The number of β-lactam (4-membered cyclic amide) rings is 1. The molecular formula is C13H14FNO4. The van der Waals surface area contributed by atoms with Gasteiger partial charge in [0.25, 0.3) is 5.91 Å². The summed E-state index contributed by atoms with van der Waals surface area (Å²) in [6, 6.07) is 6.73. The van der Waals surface area contributed by atoms with Crippen LogP contribution >= 0.6 is 0 Å². The Morgan fingerprint density at radius 1 is 1.47 bits per heavy atom. The molecule has 0 aromatic heterocycles. The van der Waals surface area contributed by atoms with E-state index < -0.39 is 29.5 Å². The van der Waals surface area contributed by atoms with E-state index in [1.807, 2.05) is 0 Å². The second-order valence-corrected chi connectivity index (χ2v) is 4.41. The van der Waals surface area contributed by atoms with E-state index in [0.717, 1.165) is 0 Å². The Kier molecular flexibility index (Phi) is 3.28. The summed E-state index contributed by atoms with van der Waals surface area (Å²) in [4.78, 5) is 28.3. The number of aliphatic carboxylic acids is 1. The molecule has 1 aromatic carbocycles. The number of amides is 1. The van der Waals surface area contributed by atoms with Crippen LogP contribution in [0.15, 0.2) is 30.3 Å². The third kappa shape index (κ3) is 1.63. The van der Waals surface area contributed by atoms with Gasteiger partial charge in [0.05, 0.1) is 7.11 Å². The molecule has 0 bridgehead atoms. The lowest BCUT2D eigenvalue weighted by molar-refractivity contribution is -0.247. The lowest BCUT2D eigenvalue weighted by Gasteiger charge is -2.52. The molecule has 1 aliphatic rings. The highest BCUT2D eigenvalue weighted by Crippen LogP contribution is 2.46. The number of nitrogens with zero attached hydrogens (tertiary/aromatic N) is 1. The van der Waals surface area contributed by atoms with Crippen molar-refractivity contribution in [2.24, 2.45) is 0 Å². The highest BCUT2D eigenvalue weighted by Gasteiger charge is 2.69. The van der Waals surface area contributed by atoms with Gasteiger partial charge in [0, 0.05) is 0 Å². The third-order valence-electron chi connectivity index (χ3n) is 3.53. The van der Waals surface area contributed by atoms with Crippen molar-refractivity contribution in [1.82, 2.24) is 5.06 Å². The lowest BCUT2D eigenvalue weighted by Crippen LogP contribution is -2.76. The number of rotatable bonds is 4. The van der Waals surface area contributed by atoms with Crippen LogP contribution in [0.2, 0.25) is 0 Å². The smallest absolute Gasteiger partial charge is 0.330 e. The van der Waals surface area contributed by atoms with E-state index >= 15 is 0 Å². The number of hydroxylamine groups is 2. The number of hydrogen-bond acceptors (Lipinski definition) is 3. The van der Waals surface area contributed by atoms with Crippen molar-refractivity contribution in [2.45, 2.75) is 24.6 Å². The fourth-order valence-electron chi connectivity index (χ4n) is 2.63. The normalized spacial score (nSPS) is 27.8. The molecule has 1 aromatic rings. The molecule has 1 N–H and O–H groups in total. The van der Waals surface area contributed by atoms with Crippen molar-refractivity contribution in [2.75, 3.05) is 7.11 Å². The maximum Gasteiger partial charge on any atom is 0.330 e. The number of carbonyl (C=O) groups excluding carboxylic acids is 1. The van der Waals surface area contributed by atoms with E-state index in [2.05, 4.69) is 0 Å². The first-order valence-electron chi connectivity index (χ1n) is 5.78. The van der Waals surface area contributed by atoms with Crippen LogP contribution < -0.4 is 0 Å². The zero-order valence-electron chi connectivity index (χ0n) is 10.5. The minimum atomic E-state index is -1.72. The van der Waals surface area contributed by atoms with Gasteiger partial charge in [-0.1, -0.05) is 30.3 Å². The molecule has 6 heteroatoms. The number of halogens is 1. The zero-order valence-corrected chi connectivity index (χ0v) is 10.5. The largest absolute Gasteiger partial charge is 0.480 e. The van der Waals surface area contributed by atoms with Crippen molar-refractivity contribution >= 4 is 11.9 Å². The highest BCUT2D eigenvalue weighted by atomic mass is 19.1. The van der Waals surface area contributed by atoms with Gasteiger partial charge < -0.3 is 5.11 Å². The monoisotopic (exact) mass is 267 g/mol. The van der Waals surface area contributed by atoms with E-state index in [1.165, 1.54) is 14.0 Å². The molecule has 19 heavy (non-hydrogen) atoms. The Morgan fingerprint density at radius 2 is 2.05 bits per heavy atom. The fourth-order valence-corrected chi connectivity index (χ4v) is 2.63. The Morgan fingerprint density at radius 3 is 2.47 bits per heavy atom. The minimum Gasteiger partial charge on any atom is -0.480 e. The van der Waals surface area contributed by atoms with E-state index in [0.29, 0.717) is 10.6 Å². The number of carboxylic acid groups (broad SMARTS) is 1. The van der Waals surface area contributed by atoms with Crippen molar-refractivity contribution in [3.05, 3.63) is 35.9 Å². The van der Waals surface area contributed by atoms with Gasteiger partial charge in [0.15, 0.2) is 6.04 Å². The van der Waals surface area contributed by atoms with Crippen LogP contribution in [-0.2, 0) is 19.8 Å². The number of carboxylic acids is 1. The van der Waals surface area contributed by atoms with Gasteiger partial charge in [0.2, 0.25) is 0 Å². The predicted molar refractivity (Wildman–Crippen MR) is 64.0 cm³/mol. The van der Waals surface area contributed by atoms with Gasteiger partial charge >= 0.3 is 5.97 Å². The molecular weight excluding hydrogens is 253 g/mol. The zero-order chi connectivity index (χ0) is 14.2. The molecule has 3 atom stereocenters. The summed E-state index contributed by atoms with van der Waals surface area (Å²) in [5.41, 5.74) is -1.38. The van der Waals surface area contributed by atoms with Crippen LogP contribution in [0.5, 0.6) is 0 Å². The van der Waals surface area contributed by atoms with Crippen LogP contribution in [0.25, 0.3) is 0 Å². The molecule has 0 unspecified atom stereocenters. The van der Waals surface area contributed by atoms with Crippen molar-refractivity contribution in [3.8, 4) is 0 Å². The summed E-state index contributed by atoms with van der Waals surface area (Å²) in [6.07, 6.45) is -1.64. The molecule has 1 aliphatic heterocycles. The van der Waals surface area contributed by atoms with Crippen molar-refractivity contribution < 1.29 is 23.9 Å². The topological polar surface area (TPSA) is 66.8 Å². The van der Waals surface area contributed by atoms with Gasteiger partial charge in [-0.3, -0.25) is 9.63 Å². The molecule has 0 radical (unpaired) electrons. The van der Waals surface area contributed by atoms with E-state index in [-0.39, 0.29) is 0 Å². The maximum atomic E-state index is 14.1. The first-order chi connectivity index (χ1) is 8.97. The van der Waals surface area contributed by atoms with E-state index in [1.54, 1.807) is 30.3 Å². The molecule has 102 valence electrons. The molecule has 0 spiro atoms.